The summed E-state index contributed by atoms with van der Waals surface area (Å²) >= 11 is 8.69. The van der Waals surface area contributed by atoms with Gasteiger partial charge in [0.15, 0.2) is 0 Å². The van der Waals surface area contributed by atoms with Crippen LogP contribution in [0.4, 0.5) is 0 Å². The van der Waals surface area contributed by atoms with Crippen LogP contribution in [-0.4, -0.2) is 5.11 Å². The van der Waals surface area contributed by atoms with Crippen molar-refractivity contribution in [3.8, 4) is 0 Å². The standard InChI is InChI=1S/C13H14Br2OS/c14-7-4-8(17-13(7)15)12(16)11-9-5-1-2-6(3-5)10(9)11/h4-6,9-12,16H,1-3H2. The van der Waals surface area contributed by atoms with Gasteiger partial charge in [-0.3, -0.25) is 0 Å². The summed E-state index contributed by atoms with van der Waals surface area (Å²) in [6.07, 6.45) is 4.08. The van der Waals surface area contributed by atoms with Gasteiger partial charge >= 0.3 is 0 Å². The average Bonchev–Trinajstić information content (AvgIpc) is 2.60. The molecule has 17 heavy (non-hydrogen) atoms. The molecule has 92 valence electrons. The van der Waals surface area contributed by atoms with Gasteiger partial charge in [-0.15, -0.1) is 11.3 Å². The lowest BCUT2D eigenvalue weighted by Gasteiger charge is -2.13. The predicted molar refractivity (Wildman–Crippen MR) is 76.0 cm³/mol. The van der Waals surface area contributed by atoms with Gasteiger partial charge in [-0.2, -0.15) is 0 Å². The Hall–Kier alpha value is 0.620. The van der Waals surface area contributed by atoms with Crippen LogP contribution < -0.4 is 0 Å². The third kappa shape index (κ3) is 1.57. The highest BCUT2D eigenvalue weighted by Crippen LogP contribution is 2.72. The van der Waals surface area contributed by atoms with E-state index in [1.54, 1.807) is 11.3 Å². The van der Waals surface area contributed by atoms with Crippen molar-refractivity contribution >= 4 is 43.2 Å². The van der Waals surface area contributed by atoms with Crippen molar-refractivity contribution < 1.29 is 5.11 Å². The molecule has 1 heterocycles. The summed E-state index contributed by atoms with van der Waals surface area (Å²) in [4.78, 5) is 1.13. The van der Waals surface area contributed by atoms with Crippen LogP contribution in [0, 0.1) is 29.6 Å². The van der Waals surface area contributed by atoms with Crippen molar-refractivity contribution in [2.75, 3.05) is 0 Å². The van der Waals surface area contributed by atoms with E-state index >= 15 is 0 Å². The van der Waals surface area contributed by atoms with E-state index in [0.717, 1.165) is 36.8 Å². The number of halogens is 2. The lowest BCUT2D eigenvalue weighted by Crippen LogP contribution is -2.06. The lowest BCUT2D eigenvalue weighted by molar-refractivity contribution is 0.133. The van der Waals surface area contributed by atoms with Crippen LogP contribution >= 0.6 is 43.2 Å². The summed E-state index contributed by atoms with van der Waals surface area (Å²) in [7, 11) is 0. The van der Waals surface area contributed by atoms with Gasteiger partial charge in [0.2, 0.25) is 0 Å². The zero-order valence-electron chi connectivity index (χ0n) is 9.27. The maximum Gasteiger partial charge on any atom is 0.0916 e. The van der Waals surface area contributed by atoms with Crippen LogP contribution in [0.3, 0.4) is 0 Å². The molecule has 3 saturated carbocycles. The first kappa shape index (κ1) is 11.4. The first-order valence-corrected chi connectivity index (χ1v) is 8.70. The molecule has 4 rings (SSSR count). The summed E-state index contributed by atoms with van der Waals surface area (Å²) in [6.45, 7) is 0. The first-order valence-electron chi connectivity index (χ1n) is 6.29. The molecule has 2 bridgehead atoms. The monoisotopic (exact) mass is 376 g/mol. The Kier molecular flexibility index (Phi) is 2.57. The first-order chi connectivity index (χ1) is 8.16. The number of hydrogen-bond acceptors (Lipinski definition) is 2. The van der Waals surface area contributed by atoms with E-state index in [2.05, 4.69) is 37.9 Å². The van der Waals surface area contributed by atoms with Crippen molar-refractivity contribution in [2.24, 2.45) is 29.6 Å². The molecular formula is C13H14Br2OS. The fourth-order valence-electron chi connectivity index (χ4n) is 4.51. The van der Waals surface area contributed by atoms with E-state index in [1.165, 1.54) is 19.3 Å². The molecule has 1 aromatic heterocycles. The maximum absolute atomic E-state index is 10.5. The van der Waals surface area contributed by atoms with Gasteiger partial charge in [0.05, 0.1) is 9.89 Å². The number of thiophene rings is 1. The normalized spacial score (nSPS) is 43.8. The van der Waals surface area contributed by atoms with Gasteiger partial charge in [0, 0.05) is 9.35 Å². The van der Waals surface area contributed by atoms with Crippen molar-refractivity contribution in [3.63, 3.8) is 0 Å². The molecule has 5 unspecified atom stereocenters. The number of aliphatic hydroxyl groups excluding tert-OH is 1. The zero-order valence-corrected chi connectivity index (χ0v) is 13.3. The van der Waals surface area contributed by atoms with Crippen LogP contribution in [0.25, 0.3) is 0 Å². The highest BCUT2D eigenvalue weighted by molar-refractivity contribution is 9.13. The number of aliphatic hydroxyl groups is 1. The second kappa shape index (κ2) is 3.81. The molecular weight excluding hydrogens is 364 g/mol. The quantitative estimate of drug-likeness (QED) is 0.798. The number of fused-ring (bicyclic) bond motifs is 5. The highest BCUT2D eigenvalue weighted by Gasteiger charge is 2.66. The predicted octanol–water partition coefficient (Wildman–Crippen LogP) is 4.60. The van der Waals surface area contributed by atoms with Crippen LogP contribution in [0.5, 0.6) is 0 Å². The second-order valence-electron chi connectivity index (χ2n) is 5.78. The van der Waals surface area contributed by atoms with Gasteiger partial charge in [-0.1, -0.05) is 0 Å². The van der Waals surface area contributed by atoms with Gasteiger partial charge in [0.1, 0.15) is 0 Å². The summed E-state index contributed by atoms with van der Waals surface area (Å²) < 4.78 is 2.17. The Morgan fingerprint density at radius 2 is 1.88 bits per heavy atom. The molecule has 4 heteroatoms. The maximum atomic E-state index is 10.5. The van der Waals surface area contributed by atoms with Gasteiger partial charge in [-0.05, 0) is 86.8 Å². The molecule has 0 spiro atoms. The third-order valence-electron chi connectivity index (χ3n) is 5.12. The van der Waals surface area contributed by atoms with E-state index in [0.29, 0.717) is 5.92 Å². The molecule has 0 saturated heterocycles. The Morgan fingerprint density at radius 3 is 2.41 bits per heavy atom. The minimum Gasteiger partial charge on any atom is -0.387 e. The lowest BCUT2D eigenvalue weighted by atomic mass is 9.98. The van der Waals surface area contributed by atoms with Crippen molar-refractivity contribution in [2.45, 2.75) is 25.4 Å². The van der Waals surface area contributed by atoms with Crippen molar-refractivity contribution in [1.82, 2.24) is 0 Å². The zero-order chi connectivity index (χ0) is 11.7. The Balaban J connectivity index is 1.57. The van der Waals surface area contributed by atoms with E-state index in [9.17, 15) is 5.11 Å². The molecule has 0 radical (unpaired) electrons. The highest BCUT2D eigenvalue weighted by atomic mass is 79.9. The average molecular weight is 378 g/mol. The fourth-order valence-corrected chi connectivity index (χ4v) is 6.65. The topological polar surface area (TPSA) is 20.2 Å². The van der Waals surface area contributed by atoms with Crippen LogP contribution in [0.1, 0.15) is 30.2 Å². The molecule has 0 aromatic carbocycles. The Bertz CT molecular complexity index is 436. The largest absolute Gasteiger partial charge is 0.387 e. The van der Waals surface area contributed by atoms with Gasteiger partial charge < -0.3 is 5.11 Å². The molecule has 1 N–H and O–H groups in total. The van der Waals surface area contributed by atoms with E-state index in [1.807, 2.05) is 0 Å². The molecule has 1 aromatic rings. The van der Waals surface area contributed by atoms with E-state index in [4.69, 9.17) is 0 Å². The van der Waals surface area contributed by atoms with Gasteiger partial charge in [0.25, 0.3) is 0 Å². The molecule has 0 amide bonds. The summed E-state index contributed by atoms with van der Waals surface area (Å²) in [6, 6.07) is 2.08. The molecule has 0 aliphatic heterocycles. The molecule has 3 fully saturated rings. The number of rotatable bonds is 2. The minimum atomic E-state index is -0.221. The van der Waals surface area contributed by atoms with E-state index < -0.39 is 0 Å². The van der Waals surface area contributed by atoms with Crippen molar-refractivity contribution in [1.29, 1.82) is 0 Å². The minimum absolute atomic E-state index is 0.221. The fraction of sp³-hybridized carbons (Fsp3) is 0.692. The molecule has 1 nitrogen and oxygen atoms in total. The van der Waals surface area contributed by atoms with E-state index in [-0.39, 0.29) is 6.10 Å². The van der Waals surface area contributed by atoms with Crippen LogP contribution in [0.2, 0.25) is 0 Å². The number of hydrogen-bond donors (Lipinski definition) is 1. The Labute approximate surface area is 122 Å². The summed E-state index contributed by atoms with van der Waals surface area (Å²) in [5.41, 5.74) is 0. The molecule has 3 aliphatic rings. The summed E-state index contributed by atoms with van der Waals surface area (Å²) in [5, 5.41) is 10.5. The van der Waals surface area contributed by atoms with Crippen LogP contribution in [0.15, 0.2) is 14.3 Å². The summed E-state index contributed by atoms with van der Waals surface area (Å²) in [5.74, 6) is 4.15. The SMILES string of the molecule is OC(c1cc(Br)c(Br)s1)C1C2C3CCC(C3)C21. The Morgan fingerprint density at radius 1 is 1.24 bits per heavy atom. The third-order valence-corrected chi connectivity index (χ3v) is 8.44. The molecule has 5 atom stereocenters. The van der Waals surface area contributed by atoms with Gasteiger partial charge in [-0.25, -0.2) is 0 Å². The smallest absolute Gasteiger partial charge is 0.0916 e. The second-order valence-corrected chi connectivity index (χ2v) is 9.04. The van der Waals surface area contributed by atoms with Crippen molar-refractivity contribution in [3.05, 3.63) is 19.2 Å². The molecule has 3 aliphatic carbocycles. The van der Waals surface area contributed by atoms with Crippen LogP contribution in [-0.2, 0) is 0 Å².